The predicted octanol–water partition coefficient (Wildman–Crippen LogP) is 0.973. The van der Waals surface area contributed by atoms with Gasteiger partial charge in [0.1, 0.15) is 0 Å². The average Bonchev–Trinajstić information content (AvgIpc) is 2.79. The first-order valence-corrected chi connectivity index (χ1v) is 6.12. The highest BCUT2D eigenvalue weighted by Crippen LogP contribution is 2.24. The molecule has 3 rings (SSSR count). The summed E-state index contributed by atoms with van der Waals surface area (Å²) in [7, 11) is 0. The van der Waals surface area contributed by atoms with E-state index >= 15 is 0 Å². The molecule has 2 unspecified atom stereocenters. The zero-order chi connectivity index (χ0) is 11.8. The number of anilines is 1. The summed E-state index contributed by atoms with van der Waals surface area (Å²) in [6.45, 7) is 4.02. The number of tetrazole rings is 1. The van der Waals surface area contributed by atoms with Crippen LogP contribution in [0.15, 0.2) is 12.1 Å². The minimum Gasteiger partial charge on any atom is -0.355 e. The fraction of sp³-hybridized carbons (Fsp3) is 0.600. The van der Waals surface area contributed by atoms with E-state index in [4.69, 9.17) is 11.6 Å². The van der Waals surface area contributed by atoms with Gasteiger partial charge in [-0.1, -0.05) is 6.92 Å². The van der Waals surface area contributed by atoms with Gasteiger partial charge >= 0.3 is 0 Å². The molecule has 0 aromatic carbocycles. The summed E-state index contributed by atoms with van der Waals surface area (Å²) >= 11 is 6.21. The zero-order valence-corrected chi connectivity index (χ0v) is 10.2. The van der Waals surface area contributed by atoms with Gasteiger partial charge < -0.3 is 4.90 Å². The second-order valence-corrected chi connectivity index (χ2v) is 5.01. The van der Waals surface area contributed by atoms with Gasteiger partial charge in [-0.15, -0.1) is 26.4 Å². The highest BCUT2D eigenvalue weighted by Gasteiger charge is 2.25. The molecular weight excluding hydrogens is 240 g/mol. The molecule has 1 aliphatic heterocycles. The molecule has 7 heteroatoms. The van der Waals surface area contributed by atoms with Crippen LogP contribution in [0.4, 0.5) is 5.82 Å². The molecule has 0 radical (unpaired) electrons. The molecule has 90 valence electrons. The van der Waals surface area contributed by atoms with Crippen molar-refractivity contribution in [2.24, 2.45) is 5.92 Å². The number of aromatic nitrogens is 5. The van der Waals surface area contributed by atoms with E-state index in [9.17, 15) is 0 Å². The molecule has 1 fully saturated rings. The van der Waals surface area contributed by atoms with Crippen LogP contribution in [0.1, 0.15) is 13.3 Å². The van der Waals surface area contributed by atoms with E-state index in [1.165, 1.54) is 4.63 Å². The maximum absolute atomic E-state index is 6.21. The van der Waals surface area contributed by atoms with E-state index in [1.54, 1.807) is 0 Å². The van der Waals surface area contributed by atoms with Crippen molar-refractivity contribution >= 4 is 23.1 Å². The second-order valence-electron chi connectivity index (χ2n) is 4.45. The van der Waals surface area contributed by atoms with Crippen molar-refractivity contribution in [1.29, 1.82) is 0 Å². The van der Waals surface area contributed by atoms with Crippen molar-refractivity contribution in [2.75, 3.05) is 18.0 Å². The third-order valence-electron chi connectivity index (χ3n) is 3.18. The first-order valence-electron chi connectivity index (χ1n) is 5.68. The van der Waals surface area contributed by atoms with Crippen molar-refractivity contribution in [1.82, 2.24) is 25.3 Å². The van der Waals surface area contributed by atoms with E-state index in [0.29, 0.717) is 11.6 Å². The molecule has 2 aromatic heterocycles. The maximum Gasteiger partial charge on any atom is 0.200 e. The Morgan fingerprint density at radius 2 is 2.29 bits per heavy atom. The van der Waals surface area contributed by atoms with Crippen LogP contribution in [0, 0.1) is 5.92 Å². The predicted molar refractivity (Wildman–Crippen MR) is 64.2 cm³/mol. The summed E-state index contributed by atoms with van der Waals surface area (Å²) in [6.07, 6.45) is 0.984. The van der Waals surface area contributed by atoms with Gasteiger partial charge in [0.15, 0.2) is 11.5 Å². The largest absolute Gasteiger partial charge is 0.355 e. The van der Waals surface area contributed by atoms with E-state index in [1.807, 2.05) is 12.1 Å². The number of halogens is 1. The van der Waals surface area contributed by atoms with E-state index in [0.717, 1.165) is 25.3 Å². The molecular formula is C10H13ClN6. The molecule has 1 saturated heterocycles. The third kappa shape index (κ3) is 1.93. The Labute approximate surface area is 104 Å². The molecule has 6 nitrogen and oxygen atoms in total. The molecule has 2 atom stereocenters. The first-order chi connectivity index (χ1) is 8.24. The molecule has 0 aliphatic carbocycles. The van der Waals surface area contributed by atoms with Gasteiger partial charge in [0.25, 0.3) is 0 Å². The number of alkyl halides is 1. The first kappa shape index (κ1) is 10.7. The Bertz CT molecular complexity index is 526. The van der Waals surface area contributed by atoms with Gasteiger partial charge in [-0.25, -0.2) is 0 Å². The average molecular weight is 253 g/mol. The van der Waals surface area contributed by atoms with Crippen LogP contribution in [-0.2, 0) is 0 Å². The van der Waals surface area contributed by atoms with Crippen LogP contribution in [0.5, 0.6) is 0 Å². The van der Waals surface area contributed by atoms with E-state index in [2.05, 4.69) is 32.4 Å². The van der Waals surface area contributed by atoms with Crippen LogP contribution in [-0.4, -0.2) is 43.7 Å². The fourth-order valence-corrected chi connectivity index (χ4v) is 2.31. The van der Waals surface area contributed by atoms with Crippen LogP contribution < -0.4 is 4.90 Å². The highest BCUT2D eigenvalue weighted by molar-refractivity contribution is 6.20. The topological polar surface area (TPSA) is 59.2 Å². The molecule has 2 aromatic rings. The summed E-state index contributed by atoms with van der Waals surface area (Å²) < 4.78 is 1.45. The smallest absolute Gasteiger partial charge is 0.200 e. The summed E-state index contributed by atoms with van der Waals surface area (Å²) in [5.74, 6) is 1.37. The SMILES string of the molecule is CC1CN(c2ccc3nnnn3n2)CCC1Cl. The number of rotatable bonds is 1. The van der Waals surface area contributed by atoms with E-state index in [-0.39, 0.29) is 5.38 Å². The number of hydrogen-bond donors (Lipinski definition) is 0. The van der Waals surface area contributed by atoms with Crippen molar-refractivity contribution in [3.8, 4) is 0 Å². The second kappa shape index (κ2) is 4.10. The van der Waals surface area contributed by atoms with Gasteiger partial charge in [0.2, 0.25) is 0 Å². The molecule has 1 aliphatic rings. The summed E-state index contributed by atoms with van der Waals surface area (Å²) in [5.41, 5.74) is 0.661. The zero-order valence-electron chi connectivity index (χ0n) is 9.49. The van der Waals surface area contributed by atoms with Gasteiger partial charge in [-0.05, 0) is 34.9 Å². The maximum atomic E-state index is 6.21. The number of hydrogen-bond acceptors (Lipinski definition) is 5. The molecule has 0 bridgehead atoms. The van der Waals surface area contributed by atoms with Crippen LogP contribution in [0.2, 0.25) is 0 Å². The van der Waals surface area contributed by atoms with Gasteiger partial charge in [-0.2, -0.15) is 0 Å². The minimum absolute atomic E-state index is 0.267. The number of nitrogens with zero attached hydrogens (tertiary/aromatic N) is 6. The summed E-state index contributed by atoms with van der Waals surface area (Å²) in [6, 6.07) is 3.83. The molecule has 3 heterocycles. The Hall–Kier alpha value is -1.43. The molecule has 0 saturated carbocycles. The Morgan fingerprint density at radius 3 is 3.12 bits per heavy atom. The lowest BCUT2D eigenvalue weighted by Crippen LogP contribution is -2.40. The van der Waals surface area contributed by atoms with Crippen molar-refractivity contribution in [3.63, 3.8) is 0 Å². The van der Waals surface area contributed by atoms with Gasteiger partial charge in [0, 0.05) is 18.5 Å². The minimum atomic E-state index is 0.267. The molecule has 17 heavy (non-hydrogen) atoms. The summed E-state index contributed by atoms with van der Waals surface area (Å²) in [5, 5.41) is 15.9. The lowest BCUT2D eigenvalue weighted by Gasteiger charge is -2.34. The van der Waals surface area contributed by atoms with Crippen molar-refractivity contribution < 1.29 is 0 Å². The lowest BCUT2D eigenvalue weighted by molar-refractivity contribution is 0.450. The number of piperidine rings is 1. The third-order valence-corrected chi connectivity index (χ3v) is 3.83. The Morgan fingerprint density at radius 1 is 1.41 bits per heavy atom. The highest BCUT2D eigenvalue weighted by atomic mass is 35.5. The normalized spacial score (nSPS) is 25.4. The fourth-order valence-electron chi connectivity index (χ4n) is 2.13. The Kier molecular flexibility index (Phi) is 2.58. The standard InChI is InChI=1S/C10H13ClN6/c1-7-6-16(5-4-8(7)11)10-3-2-9-12-14-15-17(9)13-10/h2-3,7-8H,4-6H2,1H3. The van der Waals surface area contributed by atoms with Crippen molar-refractivity contribution in [3.05, 3.63) is 12.1 Å². The van der Waals surface area contributed by atoms with Crippen molar-refractivity contribution in [2.45, 2.75) is 18.7 Å². The van der Waals surface area contributed by atoms with E-state index < -0.39 is 0 Å². The van der Waals surface area contributed by atoms with Gasteiger partial charge in [-0.3, -0.25) is 0 Å². The summed E-state index contributed by atoms with van der Waals surface area (Å²) in [4.78, 5) is 2.23. The molecule has 0 amide bonds. The number of fused-ring (bicyclic) bond motifs is 1. The van der Waals surface area contributed by atoms with Crippen LogP contribution >= 0.6 is 11.6 Å². The van der Waals surface area contributed by atoms with Crippen LogP contribution in [0.25, 0.3) is 5.65 Å². The molecule has 0 N–H and O–H groups in total. The quantitative estimate of drug-likeness (QED) is 0.708. The molecule has 0 spiro atoms. The van der Waals surface area contributed by atoms with Gasteiger partial charge in [0.05, 0.1) is 0 Å². The lowest BCUT2D eigenvalue weighted by atomic mass is 10.00. The Balaban J connectivity index is 1.88. The van der Waals surface area contributed by atoms with Crippen LogP contribution in [0.3, 0.4) is 0 Å². The monoisotopic (exact) mass is 252 g/mol.